The fraction of sp³-hybridized carbons (Fsp3) is 0.333. The van der Waals surface area contributed by atoms with Gasteiger partial charge in [-0.1, -0.05) is 0 Å². The van der Waals surface area contributed by atoms with E-state index in [2.05, 4.69) is 23.0 Å². The van der Waals surface area contributed by atoms with Crippen molar-refractivity contribution in [1.82, 2.24) is 0 Å². The van der Waals surface area contributed by atoms with Crippen LogP contribution in [-0.2, 0) is 6.54 Å². The molecule has 0 fully saturated rings. The molecule has 0 amide bonds. The van der Waals surface area contributed by atoms with Gasteiger partial charge in [-0.2, -0.15) is 11.3 Å². The Morgan fingerprint density at radius 1 is 1.35 bits per heavy atom. The minimum atomic E-state index is -0.437. The summed E-state index contributed by atoms with van der Waals surface area (Å²) in [5.41, 5.74) is 9.36. The van der Waals surface area contributed by atoms with E-state index in [0.29, 0.717) is 17.9 Å². The first-order valence-corrected chi connectivity index (χ1v) is 7.43. The molecule has 3 nitrogen and oxygen atoms in total. The molecule has 0 atom stereocenters. The fourth-order valence-corrected chi connectivity index (χ4v) is 2.68. The average Bonchev–Trinajstić information content (AvgIpc) is 2.76. The number of hydrogen-bond acceptors (Lipinski definition) is 4. The monoisotopic (exact) mass is 294 g/mol. The third-order valence-electron chi connectivity index (χ3n) is 2.90. The molecule has 5 heteroatoms. The third-order valence-corrected chi connectivity index (χ3v) is 3.81. The summed E-state index contributed by atoms with van der Waals surface area (Å²) in [4.78, 5) is 0. The van der Waals surface area contributed by atoms with Gasteiger partial charge in [0.05, 0.1) is 17.5 Å². The smallest absolute Gasteiger partial charge is 0.167 e. The number of benzene rings is 1. The summed E-state index contributed by atoms with van der Waals surface area (Å²) in [6.07, 6.45) is -0.0832. The number of ether oxygens (including phenoxy) is 1. The Bertz CT molecular complexity index is 596. The first-order chi connectivity index (χ1) is 9.47. The Kier molecular flexibility index (Phi) is 4.49. The number of thiophene rings is 1. The van der Waals surface area contributed by atoms with Gasteiger partial charge in [0.2, 0.25) is 0 Å². The normalized spacial score (nSPS) is 10.8. The van der Waals surface area contributed by atoms with Gasteiger partial charge >= 0.3 is 0 Å². The zero-order chi connectivity index (χ0) is 14.7. The molecule has 0 saturated heterocycles. The van der Waals surface area contributed by atoms with Crippen LogP contribution in [0.1, 0.15) is 25.0 Å². The molecule has 0 aliphatic carbocycles. The van der Waals surface area contributed by atoms with E-state index < -0.39 is 5.82 Å². The quantitative estimate of drug-likeness (QED) is 0.813. The van der Waals surface area contributed by atoms with Crippen LogP contribution in [0.2, 0.25) is 0 Å². The van der Waals surface area contributed by atoms with Crippen molar-refractivity contribution in [3.63, 3.8) is 0 Å². The summed E-state index contributed by atoms with van der Waals surface area (Å²) in [5.74, 6) is -0.216. The van der Waals surface area contributed by atoms with Crippen molar-refractivity contribution in [1.29, 1.82) is 0 Å². The molecule has 3 N–H and O–H groups in total. The largest absolute Gasteiger partial charge is 0.488 e. The number of aryl methyl sites for hydroxylation is 1. The molecular weight excluding hydrogens is 275 g/mol. The van der Waals surface area contributed by atoms with E-state index >= 15 is 0 Å². The maximum absolute atomic E-state index is 13.7. The minimum Gasteiger partial charge on any atom is -0.488 e. The summed E-state index contributed by atoms with van der Waals surface area (Å²) in [5, 5.41) is 7.42. The maximum Gasteiger partial charge on any atom is 0.167 e. The van der Waals surface area contributed by atoms with Crippen LogP contribution in [0, 0.1) is 12.7 Å². The zero-order valence-corrected chi connectivity index (χ0v) is 12.7. The minimum absolute atomic E-state index is 0.0832. The van der Waals surface area contributed by atoms with E-state index in [1.165, 1.54) is 17.2 Å². The first-order valence-electron chi connectivity index (χ1n) is 6.48. The third kappa shape index (κ3) is 3.42. The number of nitrogen functional groups attached to an aromatic ring is 1. The van der Waals surface area contributed by atoms with Crippen molar-refractivity contribution in [2.24, 2.45) is 0 Å². The van der Waals surface area contributed by atoms with E-state index in [9.17, 15) is 4.39 Å². The molecule has 0 spiro atoms. The molecule has 1 heterocycles. The molecule has 2 aromatic rings. The molecule has 0 saturated carbocycles. The van der Waals surface area contributed by atoms with Gasteiger partial charge < -0.3 is 15.8 Å². The molecular formula is C15H19FN2OS. The number of rotatable bonds is 5. The lowest BCUT2D eigenvalue weighted by Crippen LogP contribution is -2.09. The summed E-state index contributed by atoms with van der Waals surface area (Å²) in [7, 11) is 0. The zero-order valence-electron chi connectivity index (χ0n) is 11.9. The average molecular weight is 294 g/mol. The van der Waals surface area contributed by atoms with Gasteiger partial charge in [0.25, 0.3) is 0 Å². The molecule has 2 rings (SSSR count). The Hall–Kier alpha value is -1.75. The van der Waals surface area contributed by atoms with Crippen molar-refractivity contribution in [3.8, 4) is 5.75 Å². The highest BCUT2D eigenvalue weighted by Gasteiger charge is 2.11. The van der Waals surface area contributed by atoms with Crippen molar-refractivity contribution in [3.05, 3.63) is 39.8 Å². The standard InChI is InChI=1S/C15H19FN2OS/c1-9(2)19-15-5-14(13(17)4-12(15)16)18-6-11-8-20-7-10(11)3/h4-5,7-9,18H,6,17H2,1-3H3. The lowest BCUT2D eigenvalue weighted by atomic mass is 10.2. The van der Waals surface area contributed by atoms with Crippen LogP contribution in [-0.4, -0.2) is 6.10 Å². The molecule has 0 radical (unpaired) electrons. The summed E-state index contributed by atoms with van der Waals surface area (Å²) in [6.45, 7) is 6.44. The van der Waals surface area contributed by atoms with Crippen LogP contribution >= 0.6 is 11.3 Å². The first kappa shape index (κ1) is 14.7. The van der Waals surface area contributed by atoms with Gasteiger partial charge in [-0.25, -0.2) is 4.39 Å². The predicted octanol–water partition coefficient (Wildman–Crippen LogP) is 4.18. The predicted molar refractivity (Wildman–Crippen MR) is 83.0 cm³/mol. The Morgan fingerprint density at radius 3 is 2.70 bits per heavy atom. The van der Waals surface area contributed by atoms with E-state index in [1.807, 2.05) is 13.8 Å². The summed E-state index contributed by atoms with van der Waals surface area (Å²) >= 11 is 1.66. The van der Waals surface area contributed by atoms with E-state index in [4.69, 9.17) is 10.5 Å². The second kappa shape index (κ2) is 6.13. The number of nitrogens with two attached hydrogens (primary N) is 1. The van der Waals surface area contributed by atoms with Crippen molar-refractivity contribution >= 4 is 22.7 Å². The van der Waals surface area contributed by atoms with E-state index in [-0.39, 0.29) is 11.9 Å². The summed E-state index contributed by atoms with van der Waals surface area (Å²) < 4.78 is 19.2. The Labute approximate surface area is 122 Å². The second-order valence-corrected chi connectivity index (χ2v) is 5.71. The molecule has 108 valence electrons. The summed E-state index contributed by atoms with van der Waals surface area (Å²) in [6, 6.07) is 2.91. The van der Waals surface area contributed by atoms with Crippen LogP contribution < -0.4 is 15.8 Å². The Morgan fingerprint density at radius 2 is 2.10 bits per heavy atom. The molecule has 0 unspecified atom stereocenters. The van der Waals surface area contributed by atoms with Crippen LogP contribution in [0.3, 0.4) is 0 Å². The van der Waals surface area contributed by atoms with Crippen LogP contribution in [0.15, 0.2) is 22.9 Å². The fourth-order valence-electron chi connectivity index (χ4n) is 1.82. The molecule has 0 aliphatic heterocycles. The van der Waals surface area contributed by atoms with Gasteiger partial charge in [-0.3, -0.25) is 0 Å². The maximum atomic E-state index is 13.7. The van der Waals surface area contributed by atoms with E-state index in [0.717, 1.165) is 0 Å². The highest BCUT2D eigenvalue weighted by molar-refractivity contribution is 7.08. The van der Waals surface area contributed by atoms with Gasteiger partial charge in [0.15, 0.2) is 11.6 Å². The number of nitrogens with one attached hydrogen (secondary N) is 1. The SMILES string of the molecule is Cc1cscc1CNc1cc(OC(C)C)c(F)cc1N. The van der Waals surface area contributed by atoms with Gasteiger partial charge in [-0.05, 0) is 42.7 Å². The molecule has 20 heavy (non-hydrogen) atoms. The van der Waals surface area contributed by atoms with Gasteiger partial charge in [-0.15, -0.1) is 0 Å². The highest BCUT2D eigenvalue weighted by atomic mass is 32.1. The lowest BCUT2D eigenvalue weighted by molar-refractivity contribution is 0.231. The number of anilines is 2. The number of hydrogen-bond donors (Lipinski definition) is 2. The molecule has 0 aliphatic rings. The van der Waals surface area contributed by atoms with Gasteiger partial charge in [0, 0.05) is 18.7 Å². The van der Waals surface area contributed by atoms with E-state index in [1.54, 1.807) is 17.4 Å². The molecule has 1 aromatic carbocycles. The van der Waals surface area contributed by atoms with Crippen molar-refractivity contribution in [2.75, 3.05) is 11.1 Å². The molecule has 1 aromatic heterocycles. The van der Waals surface area contributed by atoms with Crippen LogP contribution in [0.4, 0.5) is 15.8 Å². The topological polar surface area (TPSA) is 47.3 Å². The Balaban J connectivity index is 2.16. The second-order valence-electron chi connectivity index (χ2n) is 4.97. The van der Waals surface area contributed by atoms with Crippen molar-refractivity contribution < 1.29 is 9.13 Å². The van der Waals surface area contributed by atoms with Gasteiger partial charge in [0.1, 0.15) is 0 Å². The lowest BCUT2D eigenvalue weighted by Gasteiger charge is -2.15. The van der Waals surface area contributed by atoms with Crippen LogP contribution in [0.25, 0.3) is 0 Å². The van der Waals surface area contributed by atoms with Crippen LogP contribution in [0.5, 0.6) is 5.75 Å². The molecule has 0 bridgehead atoms. The van der Waals surface area contributed by atoms with Crippen molar-refractivity contribution in [2.45, 2.75) is 33.4 Å². The number of halogens is 1. The highest BCUT2D eigenvalue weighted by Crippen LogP contribution is 2.29.